The quantitative estimate of drug-likeness (QED) is 0.548. The second-order valence-electron chi connectivity index (χ2n) is 3.30. The largest absolute Gasteiger partial charge is 0.449 e. The molecule has 2 rings (SSSR count). The molecule has 0 saturated heterocycles. The Morgan fingerprint density at radius 2 is 2.12 bits per heavy atom. The van der Waals surface area contributed by atoms with Crippen LogP contribution in [0.1, 0.15) is 11.4 Å². The minimum Gasteiger partial charge on any atom is -0.309 e. The molecule has 3 nitrogen and oxygen atoms in total. The Kier molecular flexibility index (Phi) is 3.62. The number of fused-ring (bicyclic) bond motifs is 1. The number of nitrogens with zero attached hydrogens (tertiary/aromatic N) is 3. The summed E-state index contributed by atoms with van der Waals surface area (Å²) in [5, 5.41) is 0.545. The second-order valence-corrected chi connectivity index (χ2v) is 4.54. The van der Waals surface area contributed by atoms with Gasteiger partial charge in [-0.3, -0.25) is 0 Å². The predicted molar refractivity (Wildman–Crippen MR) is 69.2 cm³/mol. The van der Waals surface area contributed by atoms with Gasteiger partial charge in [-0.2, -0.15) is 13.2 Å². The summed E-state index contributed by atoms with van der Waals surface area (Å²) in [5.41, 5.74) is 1.35. The number of hydrogen-bond acceptors (Lipinski definition) is 2. The minimum atomic E-state index is -4.46. The summed E-state index contributed by atoms with van der Waals surface area (Å²) >= 11 is 5.11. The van der Waals surface area contributed by atoms with Crippen LogP contribution in [0.25, 0.3) is 11.2 Å². The molecule has 0 aliphatic rings. The Balaban J connectivity index is 2.72. The van der Waals surface area contributed by atoms with Crippen LogP contribution in [0, 0.1) is 0 Å². The van der Waals surface area contributed by atoms with Gasteiger partial charge in [0.1, 0.15) is 0 Å². The van der Waals surface area contributed by atoms with Crippen molar-refractivity contribution in [1.82, 2.24) is 14.5 Å². The van der Waals surface area contributed by atoms with E-state index in [-0.39, 0.29) is 10.2 Å². The highest BCUT2D eigenvalue weighted by Crippen LogP contribution is 2.31. The first-order valence-corrected chi connectivity index (χ1v) is 7.16. The van der Waals surface area contributed by atoms with Crippen molar-refractivity contribution in [3.8, 4) is 0 Å². The van der Waals surface area contributed by atoms with Gasteiger partial charge in [-0.1, -0.05) is 38.5 Å². The fourth-order valence-electron chi connectivity index (χ4n) is 1.46. The van der Waals surface area contributed by atoms with Crippen molar-refractivity contribution < 1.29 is 13.2 Å². The zero-order valence-corrected chi connectivity index (χ0v) is 12.0. The molecule has 2 heterocycles. The molecule has 0 N–H and O–H groups in total. The van der Waals surface area contributed by atoms with Crippen molar-refractivity contribution in [3.63, 3.8) is 0 Å². The van der Waals surface area contributed by atoms with Gasteiger partial charge in [0.05, 0.1) is 10.1 Å². The van der Waals surface area contributed by atoms with Gasteiger partial charge in [-0.15, -0.1) is 0 Å². The number of hydrogen-bond donors (Lipinski definition) is 0. The molecule has 0 saturated carbocycles. The second kappa shape index (κ2) is 4.71. The van der Waals surface area contributed by atoms with E-state index in [9.17, 15) is 13.2 Å². The van der Waals surface area contributed by atoms with Crippen LogP contribution in [0.2, 0.25) is 0 Å². The fourth-order valence-corrected chi connectivity index (χ4v) is 2.45. The molecular weight excluding hydrogens is 414 g/mol. The van der Waals surface area contributed by atoms with Crippen molar-refractivity contribution >= 4 is 49.7 Å². The topological polar surface area (TPSA) is 30.7 Å². The van der Waals surface area contributed by atoms with E-state index < -0.39 is 12.0 Å². The van der Waals surface area contributed by atoms with E-state index in [0.29, 0.717) is 10.8 Å². The van der Waals surface area contributed by atoms with Crippen LogP contribution in [0.3, 0.4) is 0 Å². The van der Waals surface area contributed by atoms with E-state index in [1.807, 2.05) is 22.6 Å². The number of aromatic nitrogens is 3. The van der Waals surface area contributed by atoms with Gasteiger partial charge in [0.2, 0.25) is 5.82 Å². The normalized spacial score (nSPS) is 12.3. The highest BCUT2D eigenvalue weighted by Gasteiger charge is 2.37. The number of imidazole rings is 1. The Morgan fingerprint density at radius 1 is 1.41 bits per heavy atom. The van der Waals surface area contributed by atoms with E-state index >= 15 is 0 Å². The lowest BCUT2D eigenvalue weighted by atomic mass is 10.3. The highest BCUT2D eigenvalue weighted by atomic mass is 127. The third-order valence-corrected chi connectivity index (χ3v) is 3.52. The van der Waals surface area contributed by atoms with E-state index in [1.54, 1.807) is 6.07 Å². The molecule has 2 aromatic rings. The summed E-state index contributed by atoms with van der Waals surface area (Å²) in [6, 6.07) is 1.66. The molecule has 17 heavy (non-hydrogen) atoms. The lowest BCUT2D eigenvalue weighted by molar-refractivity contribution is -0.146. The molecule has 2 aromatic heterocycles. The fraction of sp³-hybridized carbons (Fsp3) is 0.333. The van der Waals surface area contributed by atoms with E-state index in [2.05, 4.69) is 25.9 Å². The Labute approximate surface area is 117 Å². The van der Waals surface area contributed by atoms with E-state index in [4.69, 9.17) is 0 Å². The van der Waals surface area contributed by atoms with Crippen molar-refractivity contribution in [2.75, 3.05) is 0 Å². The first kappa shape index (κ1) is 13.1. The molecule has 0 amide bonds. The number of alkyl halides is 5. The van der Waals surface area contributed by atoms with Crippen LogP contribution < -0.4 is 0 Å². The van der Waals surface area contributed by atoms with E-state index in [0.717, 1.165) is 10.1 Å². The molecule has 0 atom stereocenters. The van der Waals surface area contributed by atoms with Gasteiger partial charge in [0.15, 0.2) is 5.65 Å². The number of halogens is 5. The molecule has 0 radical (unpaired) electrons. The summed E-state index contributed by atoms with van der Waals surface area (Å²) in [7, 11) is 0. The summed E-state index contributed by atoms with van der Waals surface area (Å²) in [6.07, 6.45) is -2.94. The maximum absolute atomic E-state index is 12.7. The Hall–Kier alpha value is -0.380. The van der Waals surface area contributed by atoms with Crippen LogP contribution in [0.5, 0.6) is 0 Å². The van der Waals surface area contributed by atoms with Gasteiger partial charge in [-0.25, -0.2) is 9.97 Å². The summed E-state index contributed by atoms with van der Waals surface area (Å²) < 4.78 is 39.5. The standard InChI is InChI=1S/C9H6BrF3IN3/c10-2-5-1-6-7(15-3-5)16-8(9(11,12)13)17(6)4-14/h1,3H,2,4H2. The average Bonchev–Trinajstić information content (AvgIpc) is 2.65. The molecule has 0 aliphatic heterocycles. The van der Waals surface area contributed by atoms with Gasteiger partial charge in [0, 0.05) is 11.5 Å². The van der Waals surface area contributed by atoms with Crippen molar-refractivity contribution in [2.24, 2.45) is 0 Å². The Morgan fingerprint density at radius 3 is 2.65 bits per heavy atom. The molecule has 8 heteroatoms. The number of rotatable bonds is 2. The SMILES string of the molecule is FC(F)(F)c1nc2ncc(CBr)cc2n1CI. The van der Waals surface area contributed by atoms with Gasteiger partial charge in [-0.05, 0) is 11.6 Å². The zero-order chi connectivity index (χ0) is 12.6. The summed E-state index contributed by atoms with van der Waals surface area (Å²) in [5.74, 6) is -0.902. The molecular formula is C9H6BrF3IN3. The number of pyridine rings is 1. The molecule has 0 unspecified atom stereocenters. The first-order chi connectivity index (χ1) is 7.97. The van der Waals surface area contributed by atoms with E-state index in [1.165, 1.54) is 6.20 Å². The molecule has 0 fully saturated rings. The first-order valence-electron chi connectivity index (χ1n) is 4.51. The smallest absolute Gasteiger partial charge is 0.309 e. The van der Waals surface area contributed by atoms with Crippen molar-refractivity contribution in [3.05, 3.63) is 23.7 Å². The lowest BCUT2D eigenvalue weighted by Gasteiger charge is -2.07. The van der Waals surface area contributed by atoms with Gasteiger partial charge < -0.3 is 4.57 Å². The monoisotopic (exact) mass is 419 g/mol. The van der Waals surface area contributed by atoms with Crippen LogP contribution in [-0.4, -0.2) is 14.5 Å². The highest BCUT2D eigenvalue weighted by molar-refractivity contribution is 14.1. The van der Waals surface area contributed by atoms with Crippen LogP contribution in [0.15, 0.2) is 12.3 Å². The van der Waals surface area contributed by atoms with Crippen molar-refractivity contribution in [2.45, 2.75) is 16.1 Å². The minimum absolute atomic E-state index is 0.124. The van der Waals surface area contributed by atoms with Gasteiger partial charge in [0.25, 0.3) is 0 Å². The maximum Gasteiger partial charge on any atom is 0.449 e. The van der Waals surface area contributed by atoms with Crippen molar-refractivity contribution in [1.29, 1.82) is 0 Å². The van der Waals surface area contributed by atoms with Crippen LogP contribution in [0.4, 0.5) is 13.2 Å². The van der Waals surface area contributed by atoms with Crippen LogP contribution >= 0.6 is 38.5 Å². The summed E-state index contributed by atoms with van der Waals surface area (Å²) in [6.45, 7) is 0. The third kappa shape index (κ3) is 2.42. The molecule has 92 valence electrons. The summed E-state index contributed by atoms with van der Waals surface area (Å²) in [4.78, 5) is 7.47. The molecule has 0 aliphatic carbocycles. The molecule has 0 aromatic carbocycles. The Bertz CT molecular complexity index is 552. The predicted octanol–water partition coefficient (Wildman–Crippen LogP) is 3.74. The maximum atomic E-state index is 12.7. The zero-order valence-electron chi connectivity index (χ0n) is 8.30. The van der Waals surface area contributed by atoms with Crippen LogP contribution in [-0.2, 0) is 16.1 Å². The lowest BCUT2D eigenvalue weighted by Crippen LogP contribution is -2.13. The molecule has 0 spiro atoms. The molecule has 0 bridgehead atoms. The van der Waals surface area contributed by atoms with Gasteiger partial charge >= 0.3 is 6.18 Å². The average molecular weight is 420 g/mol. The third-order valence-electron chi connectivity index (χ3n) is 2.19.